The number of methoxy groups -OCH3 is 1. The first-order valence-electron chi connectivity index (χ1n) is 6.27. The van der Waals surface area contributed by atoms with Gasteiger partial charge in [-0.25, -0.2) is 4.98 Å². The fourth-order valence-electron chi connectivity index (χ4n) is 2.50. The number of nitrogens with one attached hydrogen (secondary N) is 2. The van der Waals surface area contributed by atoms with Crippen LogP contribution in [0.25, 0.3) is 0 Å². The molecule has 1 fully saturated rings. The standard InChI is InChI=1S/C12H20N4O2/c1-13-6-9-4-3-5-16(7-9)11-10(18-2)12(17)15-8-14-11/h8-9,13H,3-7H2,1-2H3,(H,14,15,17). The number of hydrogen-bond donors (Lipinski definition) is 2. The summed E-state index contributed by atoms with van der Waals surface area (Å²) in [5.74, 6) is 1.55. The summed E-state index contributed by atoms with van der Waals surface area (Å²) in [6.07, 6.45) is 3.76. The molecule has 1 saturated heterocycles. The second-order valence-corrected chi connectivity index (χ2v) is 4.60. The van der Waals surface area contributed by atoms with E-state index in [1.54, 1.807) is 0 Å². The molecule has 1 aliphatic rings. The zero-order valence-corrected chi connectivity index (χ0v) is 10.9. The van der Waals surface area contributed by atoms with Crippen molar-refractivity contribution in [3.63, 3.8) is 0 Å². The fourth-order valence-corrected chi connectivity index (χ4v) is 2.50. The Morgan fingerprint density at radius 1 is 1.67 bits per heavy atom. The molecule has 0 spiro atoms. The Hall–Kier alpha value is -1.56. The molecular weight excluding hydrogens is 232 g/mol. The molecule has 2 N–H and O–H groups in total. The highest BCUT2D eigenvalue weighted by atomic mass is 16.5. The van der Waals surface area contributed by atoms with Crippen LogP contribution in [0.15, 0.2) is 11.1 Å². The first-order chi connectivity index (χ1) is 8.76. The number of hydrogen-bond acceptors (Lipinski definition) is 5. The number of anilines is 1. The lowest BCUT2D eigenvalue weighted by atomic mass is 9.98. The van der Waals surface area contributed by atoms with E-state index in [0.29, 0.717) is 17.5 Å². The number of nitrogens with zero attached hydrogens (tertiary/aromatic N) is 2. The molecule has 100 valence electrons. The first-order valence-corrected chi connectivity index (χ1v) is 6.27. The lowest BCUT2D eigenvalue weighted by Gasteiger charge is -2.33. The van der Waals surface area contributed by atoms with Crippen molar-refractivity contribution in [1.82, 2.24) is 15.3 Å². The molecule has 2 rings (SSSR count). The second kappa shape index (κ2) is 5.86. The van der Waals surface area contributed by atoms with Gasteiger partial charge in [-0.2, -0.15) is 0 Å². The van der Waals surface area contributed by atoms with E-state index in [2.05, 4.69) is 20.2 Å². The normalized spacial score (nSPS) is 19.9. The molecular formula is C12H20N4O2. The van der Waals surface area contributed by atoms with Crippen LogP contribution < -0.4 is 20.5 Å². The van der Waals surface area contributed by atoms with E-state index in [4.69, 9.17) is 4.74 Å². The minimum Gasteiger partial charge on any atom is -0.489 e. The van der Waals surface area contributed by atoms with E-state index in [1.165, 1.54) is 19.9 Å². The smallest absolute Gasteiger partial charge is 0.295 e. The highest BCUT2D eigenvalue weighted by Gasteiger charge is 2.23. The third-order valence-electron chi connectivity index (χ3n) is 3.31. The van der Waals surface area contributed by atoms with Crippen molar-refractivity contribution < 1.29 is 4.74 Å². The van der Waals surface area contributed by atoms with Gasteiger partial charge in [0.1, 0.15) is 0 Å². The van der Waals surface area contributed by atoms with Crippen LogP contribution in [0.1, 0.15) is 12.8 Å². The zero-order valence-electron chi connectivity index (χ0n) is 10.9. The largest absolute Gasteiger partial charge is 0.489 e. The highest BCUT2D eigenvalue weighted by molar-refractivity contribution is 5.50. The van der Waals surface area contributed by atoms with E-state index in [0.717, 1.165) is 26.1 Å². The molecule has 0 aliphatic carbocycles. The van der Waals surface area contributed by atoms with Crippen molar-refractivity contribution in [3.05, 3.63) is 16.7 Å². The quantitative estimate of drug-likeness (QED) is 0.802. The van der Waals surface area contributed by atoms with Gasteiger partial charge in [0.2, 0.25) is 5.75 Å². The zero-order chi connectivity index (χ0) is 13.0. The van der Waals surface area contributed by atoms with Gasteiger partial charge in [-0.1, -0.05) is 0 Å². The van der Waals surface area contributed by atoms with Crippen molar-refractivity contribution in [3.8, 4) is 5.75 Å². The summed E-state index contributed by atoms with van der Waals surface area (Å²) in [6, 6.07) is 0. The molecule has 6 heteroatoms. The SMILES string of the molecule is CNCC1CCCN(c2nc[nH]c(=O)c2OC)C1. The van der Waals surface area contributed by atoms with Crippen molar-refractivity contribution in [2.24, 2.45) is 5.92 Å². The number of ether oxygens (including phenoxy) is 1. The number of aromatic nitrogens is 2. The van der Waals surface area contributed by atoms with Gasteiger partial charge in [-0.3, -0.25) is 4.79 Å². The van der Waals surface area contributed by atoms with Crippen molar-refractivity contribution >= 4 is 5.82 Å². The summed E-state index contributed by atoms with van der Waals surface area (Å²) in [4.78, 5) is 20.6. The molecule has 1 aromatic rings. The topological polar surface area (TPSA) is 70.2 Å². The summed E-state index contributed by atoms with van der Waals surface area (Å²) in [5.41, 5.74) is -0.224. The molecule has 1 unspecified atom stereocenters. The lowest BCUT2D eigenvalue weighted by molar-refractivity contribution is 0.382. The van der Waals surface area contributed by atoms with Gasteiger partial charge in [0.15, 0.2) is 5.82 Å². The molecule has 1 aliphatic heterocycles. The molecule has 0 saturated carbocycles. The van der Waals surface area contributed by atoms with E-state index in [-0.39, 0.29) is 5.56 Å². The third kappa shape index (κ3) is 2.64. The predicted octanol–water partition coefficient (Wildman–Crippen LogP) is 0.214. The number of aromatic amines is 1. The van der Waals surface area contributed by atoms with Gasteiger partial charge in [0.05, 0.1) is 13.4 Å². The molecule has 0 aromatic carbocycles. The van der Waals surface area contributed by atoms with Crippen molar-refractivity contribution in [2.75, 3.05) is 38.7 Å². The Balaban J connectivity index is 2.20. The summed E-state index contributed by atoms with van der Waals surface area (Å²) in [5, 5.41) is 3.20. The Bertz CT molecular complexity index is 444. The molecule has 0 amide bonds. The van der Waals surface area contributed by atoms with Gasteiger partial charge in [-0.05, 0) is 32.4 Å². The molecule has 6 nitrogen and oxygen atoms in total. The molecule has 2 heterocycles. The molecule has 1 atom stereocenters. The number of H-pyrrole nitrogens is 1. The average Bonchev–Trinajstić information content (AvgIpc) is 2.39. The first kappa shape index (κ1) is 12.9. The van der Waals surface area contributed by atoms with E-state index in [1.807, 2.05) is 7.05 Å². The van der Waals surface area contributed by atoms with Crippen LogP contribution in [-0.4, -0.2) is 43.8 Å². The number of rotatable bonds is 4. The van der Waals surface area contributed by atoms with Gasteiger partial charge in [0.25, 0.3) is 5.56 Å². The van der Waals surface area contributed by atoms with Crippen LogP contribution in [0.3, 0.4) is 0 Å². The summed E-state index contributed by atoms with van der Waals surface area (Å²) >= 11 is 0. The van der Waals surface area contributed by atoms with E-state index in [9.17, 15) is 4.79 Å². The molecule has 1 aromatic heterocycles. The second-order valence-electron chi connectivity index (χ2n) is 4.60. The maximum Gasteiger partial charge on any atom is 0.295 e. The van der Waals surface area contributed by atoms with Crippen LogP contribution in [0.5, 0.6) is 5.75 Å². The van der Waals surface area contributed by atoms with Crippen LogP contribution in [0.4, 0.5) is 5.82 Å². The molecule has 0 bridgehead atoms. The number of piperidine rings is 1. The van der Waals surface area contributed by atoms with Gasteiger partial charge >= 0.3 is 0 Å². The lowest BCUT2D eigenvalue weighted by Crippen LogP contribution is -2.40. The minimum atomic E-state index is -0.224. The Kier molecular flexibility index (Phi) is 4.19. The van der Waals surface area contributed by atoms with E-state index >= 15 is 0 Å². The van der Waals surface area contributed by atoms with Gasteiger partial charge in [0, 0.05) is 13.1 Å². The van der Waals surface area contributed by atoms with Crippen LogP contribution in [-0.2, 0) is 0 Å². The summed E-state index contributed by atoms with van der Waals surface area (Å²) in [6.45, 7) is 2.82. The Labute approximate surface area is 106 Å². The minimum absolute atomic E-state index is 0.224. The molecule has 18 heavy (non-hydrogen) atoms. The predicted molar refractivity (Wildman–Crippen MR) is 70.3 cm³/mol. The maximum atomic E-state index is 11.7. The van der Waals surface area contributed by atoms with Crippen LogP contribution in [0.2, 0.25) is 0 Å². The van der Waals surface area contributed by atoms with E-state index < -0.39 is 0 Å². The summed E-state index contributed by atoms with van der Waals surface area (Å²) < 4.78 is 5.16. The van der Waals surface area contributed by atoms with Crippen LogP contribution in [0, 0.1) is 5.92 Å². The average molecular weight is 252 g/mol. The highest BCUT2D eigenvalue weighted by Crippen LogP contribution is 2.26. The van der Waals surface area contributed by atoms with Crippen LogP contribution >= 0.6 is 0 Å². The Morgan fingerprint density at radius 3 is 3.22 bits per heavy atom. The third-order valence-corrected chi connectivity index (χ3v) is 3.31. The maximum absolute atomic E-state index is 11.7. The monoisotopic (exact) mass is 252 g/mol. The molecule has 0 radical (unpaired) electrons. The Morgan fingerprint density at radius 2 is 2.50 bits per heavy atom. The fraction of sp³-hybridized carbons (Fsp3) is 0.667. The van der Waals surface area contributed by atoms with Crippen molar-refractivity contribution in [2.45, 2.75) is 12.8 Å². The van der Waals surface area contributed by atoms with Gasteiger partial charge < -0.3 is 19.9 Å². The van der Waals surface area contributed by atoms with Gasteiger partial charge in [-0.15, -0.1) is 0 Å². The summed E-state index contributed by atoms with van der Waals surface area (Å²) in [7, 11) is 3.47. The van der Waals surface area contributed by atoms with Crippen molar-refractivity contribution in [1.29, 1.82) is 0 Å².